The molecule has 7 heavy (non-hydrogen) atoms. The molecule has 1 N–H and O–H groups in total. The molecule has 0 aliphatic heterocycles. The fourth-order valence-electron chi connectivity index (χ4n) is 0.0546. The van der Waals surface area contributed by atoms with Crippen molar-refractivity contribution in [2.24, 2.45) is 0 Å². The lowest BCUT2D eigenvalue weighted by atomic mass is 10.4. The van der Waals surface area contributed by atoms with E-state index in [0.717, 1.165) is 0 Å². The van der Waals surface area contributed by atoms with Crippen molar-refractivity contribution >= 4 is 0 Å². The normalized spacial score (nSPS) is 18.9. The van der Waals surface area contributed by atoms with Crippen molar-refractivity contribution < 1.29 is 14.2 Å². The van der Waals surface area contributed by atoms with Gasteiger partial charge in [0.2, 0.25) is 0 Å². The van der Waals surface area contributed by atoms with E-state index >= 15 is 0 Å². The number of alkyl halides is 1. The third kappa shape index (κ3) is 2.53. The predicted molar refractivity (Wildman–Crippen MR) is 23.6 cm³/mol. The van der Waals surface area contributed by atoms with Crippen molar-refractivity contribution in [1.29, 1.82) is 0 Å². The van der Waals surface area contributed by atoms with Crippen LogP contribution in [0.3, 0.4) is 0 Å². The lowest BCUT2D eigenvalue weighted by Crippen LogP contribution is -2.28. The van der Waals surface area contributed by atoms with Crippen LogP contribution in [0.1, 0.15) is 6.92 Å². The molecule has 0 rings (SSSR count). The highest BCUT2D eigenvalue weighted by atomic mass is 19.1. The number of halogens is 1. The SMILES string of the molecule is COC(C)(O)CF. The molecule has 1 atom stereocenters. The Balaban J connectivity index is 3.36. The van der Waals surface area contributed by atoms with Gasteiger partial charge >= 0.3 is 0 Å². The summed E-state index contributed by atoms with van der Waals surface area (Å²) in [6, 6.07) is 0. The molecule has 0 saturated carbocycles. The first-order valence-corrected chi connectivity index (χ1v) is 1.96. The Hall–Kier alpha value is -0.150. The van der Waals surface area contributed by atoms with Crippen molar-refractivity contribution in [2.45, 2.75) is 12.7 Å². The molecule has 0 aliphatic carbocycles. The number of ether oxygens (including phenoxy) is 1. The van der Waals surface area contributed by atoms with Gasteiger partial charge in [-0.1, -0.05) is 0 Å². The molecule has 1 unspecified atom stereocenters. The summed E-state index contributed by atoms with van der Waals surface area (Å²) in [5.41, 5.74) is 0. The number of hydrogen-bond donors (Lipinski definition) is 1. The van der Waals surface area contributed by atoms with E-state index in [9.17, 15) is 4.39 Å². The van der Waals surface area contributed by atoms with Crippen LogP contribution in [0.15, 0.2) is 0 Å². The minimum atomic E-state index is -1.58. The number of hydrogen-bond acceptors (Lipinski definition) is 2. The zero-order valence-electron chi connectivity index (χ0n) is 4.44. The summed E-state index contributed by atoms with van der Waals surface area (Å²) in [7, 11) is 1.25. The largest absolute Gasteiger partial charge is 0.364 e. The minimum Gasteiger partial charge on any atom is -0.364 e. The van der Waals surface area contributed by atoms with Crippen molar-refractivity contribution in [2.75, 3.05) is 13.8 Å². The smallest absolute Gasteiger partial charge is 0.191 e. The standard InChI is InChI=1S/C4H9FO2/c1-4(6,3-5)7-2/h6H,3H2,1-2H3. The van der Waals surface area contributed by atoms with Gasteiger partial charge in [0.05, 0.1) is 0 Å². The van der Waals surface area contributed by atoms with Crippen molar-refractivity contribution in [1.82, 2.24) is 0 Å². The second-order valence-electron chi connectivity index (χ2n) is 1.51. The number of methoxy groups -OCH3 is 1. The Morgan fingerprint density at radius 3 is 2.29 bits per heavy atom. The third-order valence-electron chi connectivity index (χ3n) is 0.688. The lowest BCUT2D eigenvalue weighted by Gasteiger charge is -2.15. The lowest BCUT2D eigenvalue weighted by molar-refractivity contribution is -0.180. The van der Waals surface area contributed by atoms with Gasteiger partial charge in [-0.3, -0.25) is 0 Å². The molecule has 0 fully saturated rings. The Bertz CT molecular complexity index is 47.7. The first-order chi connectivity index (χ1) is 3.12. The van der Waals surface area contributed by atoms with Crippen LogP contribution in [0.5, 0.6) is 0 Å². The summed E-state index contributed by atoms with van der Waals surface area (Å²) in [4.78, 5) is 0. The highest BCUT2D eigenvalue weighted by Crippen LogP contribution is 2.01. The summed E-state index contributed by atoms with van der Waals surface area (Å²) < 4.78 is 15.7. The van der Waals surface area contributed by atoms with E-state index in [2.05, 4.69) is 4.74 Å². The van der Waals surface area contributed by atoms with Gasteiger partial charge in [0.15, 0.2) is 5.79 Å². The topological polar surface area (TPSA) is 29.5 Å². The highest BCUT2D eigenvalue weighted by molar-refractivity contribution is 4.52. The van der Waals surface area contributed by atoms with Crippen LogP contribution >= 0.6 is 0 Å². The summed E-state index contributed by atoms with van der Waals surface area (Å²) in [5, 5.41) is 8.53. The zero-order chi connectivity index (χ0) is 5.91. The molecule has 0 heterocycles. The Morgan fingerprint density at radius 2 is 2.29 bits per heavy atom. The first kappa shape index (κ1) is 6.85. The maximum atomic E-state index is 11.4. The molecule has 0 aromatic heterocycles. The monoisotopic (exact) mass is 108 g/mol. The summed E-state index contributed by atoms with van der Waals surface area (Å²) in [6.45, 7) is 0.385. The molecule has 44 valence electrons. The van der Waals surface area contributed by atoms with Gasteiger partial charge in [-0.05, 0) is 6.92 Å². The van der Waals surface area contributed by atoms with Crippen LogP contribution in [0.25, 0.3) is 0 Å². The molecule has 0 amide bonds. The van der Waals surface area contributed by atoms with Crippen LogP contribution < -0.4 is 0 Å². The summed E-state index contributed by atoms with van der Waals surface area (Å²) in [5.74, 6) is -1.58. The van der Waals surface area contributed by atoms with Crippen molar-refractivity contribution in [3.8, 4) is 0 Å². The zero-order valence-corrected chi connectivity index (χ0v) is 4.44. The molecule has 0 radical (unpaired) electrons. The van der Waals surface area contributed by atoms with Crippen LogP contribution in [-0.2, 0) is 4.74 Å². The van der Waals surface area contributed by atoms with E-state index < -0.39 is 12.5 Å². The molecule has 0 spiro atoms. The van der Waals surface area contributed by atoms with E-state index in [1.165, 1.54) is 14.0 Å². The number of aliphatic hydroxyl groups is 1. The molecule has 0 aliphatic rings. The number of rotatable bonds is 2. The van der Waals surface area contributed by atoms with E-state index in [1.807, 2.05) is 0 Å². The van der Waals surface area contributed by atoms with E-state index in [0.29, 0.717) is 0 Å². The maximum absolute atomic E-state index is 11.4. The Morgan fingerprint density at radius 1 is 1.86 bits per heavy atom. The van der Waals surface area contributed by atoms with Gasteiger partial charge in [0, 0.05) is 7.11 Å². The molecular formula is C4H9FO2. The van der Waals surface area contributed by atoms with Crippen molar-refractivity contribution in [3.05, 3.63) is 0 Å². The van der Waals surface area contributed by atoms with Crippen LogP contribution in [-0.4, -0.2) is 24.7 Å². The first-order valence-electron chi connectivity index (χ1n) is 1.96. The molecule has 0 aromatic carbocycles. The van der Waals surface area contributed by atoms with E-state index in [1.54, 1.807) is 0 Å². The molecule has 3 heteroatoms. The van der Waals surface area contributed by atoms with Gasteiger partial charge in [0.25, 0.3) is 0 Å². The molecule has 0 bridgehead atoms. The quantitative estimate of drug-likeness (QED) is 0.516. The van der Waals surface area contributed by atoms with Crippen LogP contribution in [0, 0.1) is 0 Å². The van der Waals surface area contributed by atoms with E-state index in [-0.39, 0.29) is 0 Å². The average Bonchev–Trinajstić information content (AvgIpc) is 1.68. The minimum absolute atomic E-state index is 0.872. The fourth-order valence-corrected chi connectivity index (χ4v) is 0.0546. The summed E-state index contributed by atoms with van der Waals surface area (Å²) in [6.07, 6.45) is 0. The summed E-state index contributed by atoms with van der Waals surface area (Å²) >= 11 is 0. The fraction of sp³-hybridized carbons (Fsp3) is 1.00. The second kappa shape index (κ2) is 2.23. The highest BCUT2D eigenvalue weighted by Gasteiger charge is 2.16. The van der Waals surface area contributed by atoms with Crippen LogP contribution in [0.4, 0.5) is 4.39 Å². The van der Waals surface area contributed by atoms with Gasteiger partial charge in [-0.15, -0.1) is 0 Å². The van der Waals surface area contributed by atoms with Gasteiger partial charge in [0.1, 0.15) is 6.67 Å². The maximum Gasteiger partial charge on any atom is 0.191 e. The van der Waals surface area contributed by atoms with Gasteiger partial charge < -0.3 is 9.84 Å². The third-order valence-corrected chi connectivity index (χ3v) is 0.688. The van der Waals surface area contributed by atoms with Gasteiger partial charge in [-0.2, -0.15) is 0 Å². The average molecular weight is 108 g/mol. The molecule has 0 saturated heterocycles. The molecule has 0 aromatic rings. The molecule has 2 nitrogen and oxygen atoms in total. The molecular weight excluding hydrogens is 99.0 g/mol. The predicted octanol–water partition coefficient (Wildman–Crippen LogP) is 0.311. The van der Waals surface area contributed by atoms with E-state index in [4.69, 9.17) is 5.11 Å². The Labute approximate surface area is 41.9 Å². The van der Waals surface area contributed by atoms with Gasteiger partial charge in [-0.25, -0.2) is 4.39 Å². The van der Waals surface area contributed by atoms with Crippen LogP contribution in [0.2, 0.25) is 0 Å². The second-order valence-corrected chi connectivity index (χ2v) is 1.51. The Kier molecular flexibility index (Phi) is 2.19. The van der Waals surface area contributed by atoms with Crippen molar-refractivity contribution in [3.63, 3.8) is 0 Å².